The number of halogens is 1. The van der Waals surface area contributed by atoms with Crippen LogP contribution in [0.4, 0.5) is 4.39 Å². The van der Waals surface area contributed by atoms with Crippen LogP contribution in [0.3, 0.4) is 0 Å². The number of carboxylic acid groups (broad SMARTS) is 1. The third kappa shape index (κ3) is 2.49. The van der Waals surface area contributed by atoms with Gasteiger partial charge in [0.1, 0.15) is 17.9 Å². The molecule has 3 nitrogen and oxygen atoms in total. The predicted molar refractivity (Wildman–Crippen MR) is 36.9 cm³/mol. The number of ketones is 1. The van der Waals surface area contributed by atoms with Crippen LogP contribution in [0.5, 0.6) is 0 Å². The molecule has 0 heterocycles. The average molecular weight is 160 g/mol. The first kappa shape index (κ1) is 9.81. The number of carbonyl (C=O) groups excluding carboxylic acids is 1. The fourth-order valence-electron chi connectivity index (χ4n) is 0.670. The van der Waals surface area contributed by atoms with Gasteiger partial charge < -0.3 is 5.11 Å². The van der Waals surface area contributed by atoms with Crippen molar-refractivity contribution in [1.29, 1.82) is 0 Å². The fraction of sp³-hybridized carbons (Fsp3) is 0.429. The van der Waals surface area contributed by atoms with E-state index in [1.54, 1.807) is 0 Å². The lowest BCUT2D eigenvalue weighted by molar-refractivity contribution is -0.147. The number of rotatable bonds is 4. The van der Waals surface area contributed by atoms with Gasteiger partial charge in [0, 0.05) is 0 Å². The highest BCUT2D eigenvalue weighted by Crippen LogP contribution is 2.10. The average Bonchev–Trinajstić information content (AvgIpc) is 1.85. The molecule has 0 rings (SSSR count). The molecule has 0 aromatic rings. The van der Waals surface area contributed by atoms with Crippen LogP contribution in [0.1, 0.15) is 6.92 Å². The first-order chi connectivity index (χ1) is 5.00. The third-order valence-electron chi connectivity index (χ3n) is 1.25. The molecule has 62 valence electrons. The Balaban J connectivity index is 4.46. The number of carbonyl (C=O) groups is 2. The van der Waals surface area contributed by atoms with Gasteiger partial charge in [0.15, 0.2) is 0 Å². The topological polar surface area (TPSA) is 54.4 Å². The summed E-state index contributed by atoms with van der Waals surface area (Å²) in [6, 6.07) is 0. The van der Waals surface area contributed by atoms with Crippen LogP contribution < -0.4 is 0 Å². The summed E-state index contributed by atoms with van der Waals surface area (Å²) in [6.45, 7) is 4.09. The molecule has 0 bridgehead atoms. The van der Waals surface area contributed by atoms with Crippen molar-refractivity contribution in [1.82, 2.24) is 0 Å². The number of allylic oxidation sites excluding steroid dienone is 1. The van der Waals surface area contributed by atoms with Crippen molar-refractivity contribution >= 4 is 11.8 Å². The summed E-state index contributed by atoms with van der Waals surface area (Å²) in [5.41, 5.74) is 0. The van der Waals surface area contributed by atoms with Crippen molar-refractivity contribution in [3.05, 3.63) is 12.7 Å². The maximum atomic E-state index is 12.6. The van der Waals surface area contributed by atoms with Crippen molar-refractivity contribution < 1.29 is 19.1 Å². The van der Waals surface area contributed by atoms with Crippen LogP contribution in [0, 0.1) is 5.92 Å². The molecule has 0 aromatic heterocycles. The lowest BCUT2D eigenvalue weighted by Gasteiger charge is -2.08. The zero-order valence-corrected chi connectivity index (χ0v) is 6.08. The summed E-state index contributed by atoms with van der Waals surface area (Å²) in [6.07, 6.45) is -0.995. The molecule has 0 aliphatic carbocycles. The molecule has 0 aliphatic rings. The standard InChI is InChI=1S/C7H9FO3/c1-3-5(8)6(4(2)9)7(10)11/h3,5-6H,1H2,2H3,(H,10,11). The quantitative estimate of drug-likeness (QED) is 0.488. The Morgan fingerprint density at radius 1 is 1.64 bits per heavy atom. The molecule has 2 unspecified atom stereocenters. The van der Waals surface area contributed by atoms with Gasteiger partial charge >= 0.3 is 5.97 Å². The smallest absolute Gasteiger partial charge is 0.317 e. The maximum Gasteiger partial charge on any atom is 0.317 e. The van der Waals surface area contributed by atoms with Gasteiger partial charge in [-0.15, -0.1) is 6.58 Å². The number of hydrogen-bond donors (Lipinski definition) is 1. The van der Waals surface area contributed by atoms with Gasteiger partial charge in [0.25, 0.3) is 0 Å². The van der Waals surface area contributed by atoms with Crippen LogP contribution in [0.25, 0.3) is 0 Å². The number of hydrogen-bond acceptors (Lipinski definition) is 2. The van der Waals surface area contributed by atoms with Crippen molar-refractivity contribution in [3.63, 3.8) is 0 Å². The molecule has 0 spiro atoms. The summed E-state index contributed by atoms with van der Waals surface area (Å²) in [5, 5.41) is 8.34. The van der Waals surface area contributed by atoms with E-state index in [2.05, 4.69) is 6.58 Å². The highest BCUT2D eigenvalue weighted by molar-refractivity contribution is 5.97. The minimum absolute atomic E-state index is 0.704. The molecule has 0 aromatic carbocycles. The van der Waals surface area contributed by atoms with Crippen LogP contribution >= 0.6 is 0 Å². The normalized spacial score (nSPS) is 15.1. The molecule has 0 amide bonds. The highest BCUT2D eigenvalue weighted by Gasteiger charge is 2.30. The van der Waals surface area contributed by atoms with Crippen molar-refractivity contribution in [2.45, 2.75) is 13.1 Å². The minimum atomic E-state index is -1.80. The lowest BCUT2D eigenvalue weighted by Crippen LogP contribution is -2.29. The van der Waals surface area contributed by atoms with E-state index in [0.717, 1.165) is 13.0 Å². The summed E-state index contributed by atoms with van der Waals surface area (Å²) in [5.74, 6) is -3.76. The molecule has 2 atom stereocenters. The minimum Gasteiger partial charge on any atom is -0.481 e. The van der Waals surface area contributed by atoms with Crippen molar-refractivity contribution in [2.24, 2.45) is 5.92 Å². The summed E-state index contributed by atoms with van der Waals surface area (Å²) in [4.78, 5) is 20.7. The number of aliphatic carboxylic acids is 1. The molecular formula is C7H9FO3. The molecule has 11 heavy (non-hydrogen) atoms. The van der Waals surface area contributed by atoms with E-state index in [4.69, 9.17) is 5.11 Å². The van der Waals surface area contributed by atoms with Gasteiger partial charge in [0.2, 0.25) is 0 Å². The molecule has 0 aliphatic heterocycles. The molecular weight excluding hydrogens is 151 g/mol. The zero-order valence-electron chi connectivity index (χ0n) is 6.08. The fourth-order valence-corrected chi connectivity index (χ4v) is 0.670. The Hall–Kier alpha value is -1.19. The van der Waals surface area contributed by atoms with Crippen LogP contribution in [-0.4, -0.2) is 23.0 Å². The van der Waals surface area contributed by atoms with Gasteiger partial charge in [-0.3, -0.25) is 9.59 Å². The Kier molecular flexibility index (Phi) is 3.44. The van der Waals surface area contributed by atoms with Crippen LogP contribution in [0.2, 0.25) is 0 Å². The summed E-state index contributed by atoms with van der Waals surface area (Å²) >= 11 is 0. The second kappa shape index (κ2) is 3.85. The third-order valence-corrected chi connectivity index (χ3v) is 1.25. The first-order valence-corrected chi connectivity index (χ1v) is 3.00. The van der Waals surface area contributed by atoms with E-state index in [9.17, 15) is 14.0 Å². The Morgan fingerprint density at radius 2 is 2.09 bits per heavy atom. The Morgan fingerprint density at radius 3 is 2.18 bits per heavy atom. The van der Waals surface area contributed by atoms with Crippen molar-refractivity contribution in [2.75, 3.05) is 0 Å². The largest absolute Gasteiger partial charge is 0.481 e. The predicted octanol–water partition coefficient (Wildman–Crippen LogP) is 0.800. The van der Waals surface area contributed by atoms with E-state index in [0.29, 0.717) is 0 Å². The van der Waals surface area contributed by atoms with E-state index < -0.39 is 23.8 Å². The molecule has 0 fully saturated rings. The number of Topliss-reactive ketones (excluding diaryl/α,β-unsaturated/α-hetero) is 1. The summed E-state index contributed by atoms with van der Waals surface area (Å²) < 4.78 is 12.6. The van der Waals surface area contributed by atoms with E-state index in [1.807, 2.05) is 0 Å². The molecule has 1 N–H and O–H groups in total. The SMILES string of the molecule is C=CC(F)C(C(C)=O)C(=O)O. The molecule has 4 heteroatoms. The first-order valence-electron chi connectivity index (χ1n) is 3.00. The molecule has 0 radical (unpaired) electrons. The zero-order chi connectivity index (χ0) is 9.02. The lowest BCUT2D eigenvalue weighted by atomic mass is 10.00. The van der Waals surface area contributed by atoms with Gasteiger partial charge in [-0.25, -0.2) is 4.39 Å². The monoisotopic (exact) mass is 160 g/mol. The van der Waals surface area contributed by atoms with Crippen LogP contribution in [0.15, 0.2) is 12.7 Å². The summed E-state index contributed by atoms with van der Waals surface area (Å²) in [7, 11) is 0. The maximum absolute atomic E-state index is 12.6. The molecule has 0 saturated carbocycles. The van der Waals surface area contributed by atoms with E-state index in [-0.39, 0.29) is 0 Å². The number of alkyl halides is 1. The highest BCUT2D eigenvalue weighted by atomic mass is 19.1. The second-order valence-electron chi connectivity index (χ2n) is 2.11. The van der Waals surface area contributed by atoms with Gasteiger partial charge in [-0.2, -0.15) is 0 Å². The number of carboxylic acids is 1. The van der Waals surface area contributed by atoms with E-state index >= 15 is 0 Å². The van der Waals surface area contributed by atoms with E-state index in [1.165, 1.54) is 0 Å². The Labute approximate surface area is 63.5 Å². The van der Waals surface area contributed by atoms with Gasteiger partial charge in [0.05, 0.1) is 0 Å². The van der Waals surface area contributed by atoms with Gasteiger partial charge in [-0.1, -0.05) is 6.08 Å². The Bertz CT molecular complexity index is 174. The second-order valence-corrected chi connectivity index (χ2v) is 2.11. The molecule has 0 saturated heterocycles. The van der Waals surface area contributed by atoms with Crippen LogP contribution in [-0.2, 0) is 9.59 Å². The van der Waals surface area contributed by atoms with Crippen molar-refractivity contribution in [3.8, 4) is 0 Å². The van der Waals surface area contributed by atoms with Gasteiger partial charge in [-0.05, 0) is 6.92 Å².